The fourth-order valence-electron chi connectivity index (χ4n) is 1.62. The van der Waals surface area contributed by atoms with E-state index in [0.29, 0.717) is 12.2 Å². The summed E-state index contributed by atoms with van der Waals surface area (Å²) >= 11 is 0. The number of hydrogen-bond donors (Lipinski definition) is 1. The van der Waals surface area contributed by atoms with E-state index in [1.807, 2.05) is 6.07 Å². The summed E-state index contributed by atoms with van der Waals surface area (Å²) in [6.45, 7) is 0.439. The van der Waals surface area contributed by atoms with Gasteiger partial charge in [-0.3, -0.25) is 0 Å². The van der Waals surface area contributed by atoms with Crippen molar-refractivity contribution in [2.45, 2.75) is 25.0 Å². The van der Waals surface area contributed by atoms with Gasteiger partial charge in [0.1, 0.15) is 5.82 Å². The van der Waals surface area contributed by atoms with Crippen molar-refractivity contribution in [3.63, 3.8) is 0 Å². The molecule has 0 amide bonds. The first-order chi connectivity index (χ1) is 6.65. The van der Waals surface area contributed by atoms with Crippen molar-refractivity contribution in [3.8, 4) is 0 Å². The Morgan fingerprint density at radius 1 is 1.50 bits per heavy atom. The van der Waals surface area contributed by atoms with Gasteiger partial charge < -0.3 is 10.5 Å². The van der Waals surface area contributed by atoms with E-state index in [-0.39, 0.29) is 5.82 Å². The Balaban J connectivity index is 2.27. The molecule has 0 atom stereocenters. The summed E-state index contributed by atoms with van der Waals surface area (Å²) in [6.07, 6.45) is 1.76. The molecule has 1 aromatic rings. The standard InChI is InChI=1S/C11H14FNO/c1-14-7-8-2-3-9(10(12)6-8)11(13)4-5-11/h2-3,6H,4-5,7,13H2,1H3. The van der Waals surface area contributed by atoms with Crippen LogP contribution in [0.5, 0.6) is 0 Å². The molecule has 1 saturated carbocycles. The molecule has 0 aromatic heterocycles. The molecule has 0 heterocycles. The number of halogens is 1. The van der Waals surface area contributed by atoms with Crippen LogP contribution in [0.4, 0.5) is 4.39 Å². The van der Waals surface area contributed by atoms with Gasteiger partial charge in [-0.1, -0.05) is 12.1 Å². The molecule has 2 N–H and O–H groups in total. The second kappa shape index (κ2) is 3.33. The highest BCUT2D eigenvalue weighted by molar-refractivity contribution is 5.33. The quantitative estimate of drug-likeness (QED) is 0.799. The maximum absolute atomic E-state index is 13.6. The zero-order valence-corrected chi connectivity index (χ0v) is 8.22. The predicted molar refractivity (Wildman–Crippen MR) is 52.2 cm³/mol. The lowest BCUT2D eigenvalue weighted by Crippen LogP contribution is -2.20. The Morgan fingerprint density at radius 2 is 2.21 bits per heavy atom. The highest BCUT2D eigenvalue weighted by Crippen LogP contribution is 2.43. The maximum Gasteiger partial charge on any atom is 0.128 e. The van der Waals surface area contributed by atoms with Crippen molar-refractivity contribution >= 4 is 0 Å². The lowest BCUT2D eigenvalue weighted by molar-refractivity contribution is 0.184. The smallest absolute Gasteiger partial charge is 0.128 e. The van der Waals surface area contributed by atoms with Gasteiger partial charge in [0, 0.05) is 18.2 Å². The average Bonchev–Trinajstić information content (AvgIpc) is 2.85. The topological polar surface area (TPSA) is 35.2 Å². The average molecular weight is 195 g/mol. The Morgan fingerprint density at radius 3 is 2.71 bits per heavy atom. The molecular weight excluding hydrogens is 181 g/mol. The summed E-state index contributed by atoms with van der Waals surface area (Å²) in [5.74, 6) is -0.209. The lowest BCUT2D eigenvalue weighted by atomic mass is 10.0. The first-order valence-corrected chi connectivity index (χ1v) is 4.72. The maximum atomic E-state index is 13.6. The fourth-order valence-corrected chi connectivity index (χ4v) is 1.62. The highest BCUT2D eigenvalue weighted by Gasteiger charge is 2.41. The van der Waals surface area contributed by atoms with Crippen molar-refractivity contribution in [1.29, 1.82) is 0 Å². The third-order valence-corrected chi connectivity index (χ3v) is 2.67. The zero-order valence-electron chi connectivity index (χ0n) is 8.22. The van der Waals surface area contributed by atoms with E-state index in [2.05, 4.69) is 0 Å². The number of methoxy groups -OCH3 is 1. The van der Waals surface area contributed by atoms with E-state index in [0.717, 1.165) is 18.4 Å². The molecule has 1 aliphatic carbocycles. The van der Waals surface area contributed by atoms with Crippen LogP contribution in [-0.2, 0) is 16.9 Å². The molecule has 3 heteroatoms. The zero-order chi connectivity index (χ0) is 10.2. The Kier molecular flexibility index (Phi) is 2.29. The van der Waals surface area contributed by atoms with Gasteiger partial charge in [-0.25, -0.2) is 4.39 Å². The SMILES string of the molecule is COCc1ccc(C2(N)CC2)c(F)c1. The number of nitrogens with two attached hydrogens (primary N) is 1. The van der Waals surface area contributed by atoms with Gasteiger partial charge in [-0.15, -0.1) is 0 Å². The monoisotopic (exact) mass is 195 g/mol. The molecule has 0 bridgehead atoms. The van der Waals surface area contributed by atoms with Crippen molar-refractivity contribution in [3.05, 3.63) is 35.1 Å². The van der Waals surface area contributed by atoms with Gasteiger partial charge in [-0.2, -0.15) is 0 Å². The van der Waals surface area contributed by atoms with Gasteiger partial charge in [0.2, 0.25) is 0 Å². The lowest BCUT2D eigenvalue weighted by Gasteiger charge is -2.11. The van der Waals surface area contributed by atoms with E-state index in [1.54, 1.807) is 13.2 Å². The molecule has 1 aromatic carbocycles. The molecule has 1 aliphatic rings. The molecule has 2 rings (SSSR count). The Labute approximate surface area is 82.9 Å². The van der Waals surface area contributed by atoms with Gasteiger partial charge in [0.25, 0.3) is 0 Å². The highest BCUT2D eigenvalue weighted by atomic mass is 19.1. The molecule has 2 nitrogen and oxygen atoms in total. The molecule has 1 fully saturated rings. The first kappa shape index (κ1) is 9.62. The minimum absolute atomic E-state index is 0.209. The fraction of sp³-hybridized carbons (Fsp3) is 0.455. The van der Waals surface area contributed by atoms with Gasteiger partial charge in [0.05, 0.1) is 6.61 Å². The van der Waals surface area contributed by atoms with Crippen LogP contribution in [-0.4, -0.2) is 7.11 Å². The second-order valence-corrected chi connectivity index (χ2v) is 3.90. The molecule has 76 valence electrons. The molecule has 0 saturated heterocycles. The van der Waals surface area contributed by atoms with Crippen LogP contribution in [0, 0.1) is 5.82 Å². The van der Waals surface area contributed by atoms with E-state index in [1.165, 1.54) is 6.07 Å². The third-order valence-electron chi connectivity index (χ3n) is 2.67. The second-order valence-electron chi connectivity index (χ2n) is 3.90. The van der Waals surface area contributed by atoms with E-state index < -0.39 is 5.54 Å². The minimum Gasteiger partial charge on any atom is -0.380 e. The molecule has 14 heavy (non-hydrogen) atoms. The van der Waals surface area contributed by atoms with Gasteiger partial charge in [-0.05, 0) is 24.5 Å². The molecule has 0 radical (unpaired) electrons. The molecule has 0 unspecified atom stereocenters. The van der Waals surface area contributed by atoms with Crippen molar-refractivity contribution in [1.82, 2.24) is 0 Å². The number of benzene rings is 1. The van der Waals surface area contributed by atoms with E-state index in [4.69, 9.17) is 10.5 Å². The van der Waals surface area contributed by atoms with Crippen molar-refractivity contribution < 1.29 is 9.13 Å². The summed E-state index contributed by atoms with van der Waals surface area (Å²) in [6, 6.07) is 5.15. The molecular formula is C11H14FNO. The Hall–Kier alpha value is -0.930. The summed E-state index contributed by atoms with van der Waals surface area (Å²) in [4.78, 5) is 0. The van der Waals surface area contributed by atoms with E-state index in [9.17, 15) is 4.39 Å². The number of rotatable bonds is 3. The van der Waals surface area contributed by atoms with Crippen molar-refractivity contribution in [2.75, 3.05) is 7.11 Å². The van der Waals surface area contributed by atoms with Crippen LogP contribution in [0.1, 0.15) is 24.0 Å². The number of hydrogen-bond acceptors (Lipinski definition) is 2. The van der Waals surface area contributed by atoms with Crippen LogP contribution in [0.25, 0.3) is 0 Å². The predicted octanol–water partition coefficient (Wildman–Crippen LogP) is 1.92. The summed E-state index contributed by atoms with van der Waals surface area (Å²) in [5.41, 5.74) is 7.01. The van der Waals surface area contributed by atoms with Gasteiger partial charge in [0.15, 0.2) is 0 Å². The summed E-state index contributed by atoms with van der Waals surface area (Å²) < 4.78 is 18.5. The van der Waals surface area contributed by atoms with Crippen LogP contribution in [0.2, 0.25) is 0 Å². The molecule has 0 aliphatic heterocycles. The number of ether oxygens (including phenoxy) is 1. The normalized spacial score (nSPS) is 18.2. The van der Waals surface area contributed by atoms with Crippen LogP contribution in [0.3, 0.4) is 0 Å². The summed E-state index contributed by atoms with van der Waals surface area (Å²) in [7, 11) is 1.59. The minimum atomic E-state index is -0.393. The largest absolute Gasteiger partial charge is 0.380 e. The van der Waals surface area contributed by atoms with E-state index >= 15 is 0 Å². The van der Waals surface area contributed by atoms with Crippen LogP contribution >= 0.6 is 0 Å². The first-order valence-electron chi connectivity index (χ1n) is 4.72. The Bertz CT molecular complexity index is 347. The molecule has 0 spiro atoms. The van der Waals surface area contributed by atoms with Gasteiger partial charge >= 0.3 is 0 Å². The van der Waals surface area contributed by atoms with Crippen molar-refractivity contribution in [2.24, 2.45) is 5.73 Å². The van der Waals surface area contributed by atoms with Crippen LogP contribution < -0.4 is 5.73 Å². The third kappa shape index (κ3) is 1.65. The summed E-state index contributed by atoms with van der Waals surface area (Å²) in [5, 5.41) is 0. The van der Waals surface area contributed by atoms with Crippen LogP contribution in [0.15, 0.2) is 18.2 Å².